The highest BCUT2D eigenvalue weighted by molar-refractivity contribution is 14.1. The van der Waals surface area contributed by atoms with Gasteiger partial charge in [0, 0.05) is 13.2 Å². The highest BCUT2D eigenvalue weighted by Crippen LogP contribution is 2.18. The van der Waals surface area contributed by atoms with E-state index in [1.54, 1.807) is 0 Å². The largest absolute Gasteiger partial charge is 0.355 e. The van der Waals surface area contributed by atoms with Crippen molar-refractivity contribution in [1.82, 2.24) is 0 Å². The lowest BCUT2D eigenvalue weighted by atomic mass is 9.97. The second kappa shape index (κ2) is 45.0. The van der Waals surface area contributed by atoms with Crippen molar-refractivity contribution in [2.45, 2.75) is 206 Å². The Hall–Kier alpha value is 0.820. The Balaban J connectivity index is 3.85. The average Bonchev–Trinajstić information content (AvgIpc) is 3.11. The summed E-state index contributed by atoms with van der Waals surface area (Å²) in [5.74, 6) is 1.26. The Kier molecular flexibility index (Phi) is 45.7. The monoisotopic (exact) mass is 914 g/mol. The minimum atomic E-state index is 0.334. The summed E-state index contributed by atoms with van der Waals surface area (Å²) in [5.41, 5.74) is 0. The summed E-state index contributed by atoms with van der Waals surface area (Å²) in [6.07, 6.45) is 50.4. The maximum atomic E-state index is 5.83. The van der Waals surface area contributed by atoms with Crippen LogP contribution in [0.5, 0.6) is 0 Å². The summed E-state index contributed by atoms with van der Waals surface area (Å²) < 4.78 is 19.9. The normalized spacial score (nSPS) is 13.3. The molecule has 0 aromatic heterocycles. The van der Waals surface area contributed by atoms with Crippen molar-refractivity contribution in [2.24, 2.45) is 11.8 Å². The van der Waals surface area contributed by atoms with E-state index in [9.17, 15) is 0 Å². The SMILES string of the molecule is CCCCC(C=CCCCCCCCCCCCCI)CCOCOCOCCC(C=CCCCCCCCCCCCCI)CCCC. The third kappa shape index (κ3) is 41.4. The van der Waals surface area contributed by atoms with Gasteiger partial charge < -0.3 is 14.2 Å². The molecule has 5 heteroatoms. The van der Waals surface area contributed by atoms with E-state index >= 15 is 0 Å². The number of rotatable bonds is 42. The fourth-order valence-corrected chi connectivity index (χ4v) is 7.54. The van der Waals surface area contributed by atoms with Gasteiger partial charge in [-0.25, -0.2) is 0 Å². The lowest BCUT2D eigenvalue weighted by Gasteiger charge is -2.14. The van der Waals surface area contributed by atoms with Crippen LogP contribution < -0.4 is 0 Å². The summed E-state index contributed by atoms with van der Waals surface area (Å²) in [6.45, 7) is 6.77. The van der Waals surface area contributed by atoms with E-state index in [2.05, 4.69) is 83.3 Å². The van der Waals surface area contributed by atoms with Crippen LogP contribution in [0.2, 0.25) is 0 Å². The standard InChI is InChI=1S/C44H84I2O3/c1-3-5-31-43(33-27-23-19-15-11-7-9-13-17-21-25-29-37-45)35-39-47-41-49-42-48-40-36-44(32-6-4-2)34-28-24-20-16-12-8-10-14-18-22-26-30-38-46/h27-28,33-34,43-44H,3-26,29-32,35-42H2,1-2H3. The van der Waals surface area contributed by atoms with Crippen molar-refractivity contribution >= 4 is 45.2 Å². The zero-order valence-corrected chi connectivity index (χ0v) is 37.2. The molecule has 2 atom stereocenters. The first-order chi connectivity index (χ1) is 24.3. The van der Waals surface area contributed by atoms with Gasteiger partial charge in [0.25, 0.3) is 0 Å². The molecule has 0 amide bonds. The topological polar surface area (TPSA) is 27.7 Å². The van der Waals surface area contributed by atoms with Crippen molar-refractivity contribution in [3.63, 3.8) is 0 Å². The van der Waals surface area contributed by atoms with Crippen molar-refractivity contribution in [2.75, 3.05) is 35.7 Å². The lowest BCUT2D eigenvalue weighted by Crippen LogP contribution is -2.10. The molecule has 0 N–H and O–H groups in total. The smallest absolute Gasteiger partial charge is 0.149 e. The highest BCUT2D eigenvalue weighted by Gasteiger charge is 2.06. The minimum absolute atomic E-state index is 0.334. The fourth-order valence-electron chi connectivity index (χ4n) is 6.46. The Morgan fingerprint density at radius 3 is 1.04 bits per heavy atom. The maximum absolute atomic E-state index is 5.83. The number of allylic oxidation sites excluding steroid dienone is 4. The van der Waals surface area contributed by atoms with Gasteiger partial charge in [0.15, 0.2) is 0 Å². The molecule has 2 unspecified atom stereocenters. The first-order valence-corrected chi connectivity index (χ1v) is 24.5. The number of halogens is 2. The third-order valence-electron chi connectivity index (χ3n) is 9.78. The Morgan fingerprint density at radius 2 is 0.714 bits per heavy atom. The third-order valence-corrected chi connectivity index (χ3v) is 11.3. The van der Waals surface area contributed by atoms with E-state index in [1.807, 2.05) is 0 Å². The zero-order chi connectivity index (χ0) is 35.6. The van der Waals surface area contributed by atoms with Gasteiger partial charge in [-0.3, -0.25) is 0 Å². The molecule has 0 aliphatic carbocycles. The molecule has 0 rings (SSSR count). The molecule has 0 heterocycles. The Morgan fingerprint density at radius 1 is 0.388 bits per heavy atom. The van der Waals surface area contributed by atoms with Gasteiger partial charge in [-0.05, 0) is 84.9 Å². The van der Waals surface area contributed by atoms with Crippen LogP contribution in [0.1, 0.15) is 206 Å². The van der Waals surface area contributed by atoms with E-state index in [0.717, 1.165) is 26.1 Å². The van der Waals surface area contributed by atoms with Gasteiger partial charge in [-0.15, -0.1) is 0 Å². The van der Waals surface area contributed by atoms with Crippen LogP contribution in [0.25, 0.3) is 0 Å². The van der Waals surface area contributed by atoms with E-state index in [4.69, 9.17) is 14.2 Å². The molecule has 0 aromatic rings. The van der Waals surface area contributed by atoms with E-state index < -0.39 is 0 Å². The van der Waals surface area contributed by atoms with Crippen LogP contribution in [0, 0.1) is 11.8 Å². The van der Waals surface area contributed by atoms with Gasteiger partial charge in [0.1, 0.15) is 13.6 Å². The molecule has 49 heavy (non-hydrogen) atoms. The first kappa shape index (κ1) is 49.8. The van der Waals surface area contributed by atoms with E-state index in [-0.39, 0.29) is 0 Å². The molecule has 0 aliphatic heterocycles. The number of hydrogen-bond acceptors (Lipinski definition) is 3. The van der Waals surface area contributed by atoms with Crippen molar-refractivity contribution in [3.8, 4) is 0 Å². The van der Waals surface area contributed by atoms with Crippen LogP contribution >= 0.6 is 45.2 Å². The molecular formula is C44H84I2O3. The molecule has 0 aliphatic rings. The molecule has 3 nitrogen and oxygen atoms in total. The second-order valence-corrected chi connectivity index (χ2v) is 16.7. The van der Waals surface area contributed by atoms with Gasteiger partial charge in [0.2, 0.25) is 0 Å². The van der Waals surface area contributed by atoms with Gasteiger partial charge in [0.05, 0.1) is 0 Å². The van der Waals surface area contributed by atoms with Crippen molar-refractivity contribution < 1.29 is 14.2 Å². The molecule has 0 bridgehead atoms. The average molecular weight is 915 g/mol. The minimum Gasteiger partial charge on any atom is -0.355 e. The van der Waals surface area contributed by atoms with Crippen LogP contribution in [0.15, 0.2) is 24.3 Å². The summed E-state index contributed by atoms with van der Waals surface area (Å²) >= 11 is 4.99. The van der Waals surface area contributed by atoms with Crippen LogP contribution in [0.3, 0.4) is 0 Å². The summed E-state index contributed by atoms with van der Waals surface area (Å²) in [6, 6.07) is 0. The molecule has 0 saturated heterocycles. The van der Waals surface area contributed by atoms with Gasteiger partial charge >= 0.3 is 0 Å². The van der Waals surface area contributed by atoms with Crippen LogP contribution in [-0.4, -0.2) is 35.7 Å². The van der Waals surface area contributed by atoms with Crippen LogP contribution in [-0.2, 0) is 14.2 Å². The van der Waals surface area contributed by atoms with Crippen molar-refractivity contribution in [3.05, 3.63) is 24.3 Å². The molecule has 0 radical (unpaired) electrons. The molecule has 292 valence electrons. The quantitative estimate of drug-likeness (QED) is 0.0201. The fraction of sp³-hybridized carbons (Fsp3) is 0.909. The number of unbranched alkanes of at least 4 members (excludes halogenated alkanes) is 22. The van der Waals surface area contributed by atoms with Gasteiger partial charge in [-0.1, -0.05) is 212 Å². The lowest BCUT2D eigenvalue weighted by molar-refractivity contribution is -0.133. The number of hydrogen-bond donors (Lipinski definition) is 0. The zero-order valence-electron chi connectivity index (χ0n) is 32.9. The predicted molar refractivity (Wildman–Crippen MR) is 236 cm³/mol. The van der Waals surface area contributed by atoms with Crippen LogP contribution in [0.4, 0.5) is 0 Å². The summed E-state index contributed by atoms with van der Waals surface area (Å²) in [5, 5.41) is 0. The molecule has 0 saturated carbocycles. The number of alkyl halides is 2. The molecular weight excluding hydrogens is 830 g/mol. The molecule has 0 aromatic carbocycles. The Bertz CT molecular complexity index is 602. The maximum Gasteiger partial charge on any atom is 0.149 e. The van der Waals surface area contributed by atoms with Crippen molar-refractivity contribution in [1.29, 1.82) is 0 Å². The van der Waals surface area contributed by atoms with E-state index in [0.29, 0.717) is 25.4 Å². The number of ether oxygens (including phenoxy) is 3. The summed E-state index contributed by atoms with van der Waals surface area (Å²) in [7, 11) is 0. The Labute approximate surface area is 335 Å². The van der Waals surface area contributed by atoms with E-state index in [1.165, 1.54) is 189 Å². The second-order valence-electron chi connectivity index (χ2n) is 14.5. The summed E-state index contributed by atoms with van der Waals surface area (Å²) in [4.78, 5) is 0. The highest BCUT2D eigenvalue weighted by atomic mass is 127. The van der Waals surface area contributed by atoms with Gasteiger partial charge in [-0.2, -0.15) is 0 Å². The predicted octanol–water partition coefficient (Wildman–Crippen LogP) is 15.9. The molecule has 0 spiro atoms. The molecule has 0 fully saturated rings. The first-order valence-electron chi connectivity index (χ1n) is 21.5.